The van der Waals surface area contributed by atoms with E-state index in [4.69, 9.17) is 9.47 Å². The number of carboxylic acid groups (broad SMARTS) is 1. The van der Waals surface area contributed by atoms with Crippen LogP contribution in [0.5, 0.6) is 11.5 Å². The number of ether oxygens (including phenoxy) is 2. The number of anilines is 1. The molecule has 0 fully saturated rings. The highest BCUT2D eigenvalue weighted by Gasteiger charge is 2.22. The summed E-state index contributed by atoms with van der Waals surface area (Å²) < 4.78 is 10.6. The number of rotatable bonds is 9. The molecule has 2 heterocycles. The average Bonchev–Trinajstić information content (AvgIpc) is 3.26. The van der Waals surface area contributed by atoms with Crippen LogP contribution < -0.4 is 25.4 Å². The van der Waals surface area contributed by atoms with Gasteiger partial charge >= 0.3 is 5.97 Å². The average molecular weight is 490 g/mol. The molecule has 1 unspecified atom stereocenters. The highest BCUT2D eigenvalue weighted by molar-refractivity contribution is 5.91. The van der Waals surface area contributed by atoms with Gasteiger partial charge in [-0.25, -0.2) is 0 Å². The van der Waals surface area contributed by atoms with E-state index in [1.54, 1.807) is 18.2 Å². The Labute approximate surface area is 203 Å². The minimum absolute atomic E-state index is 0. The number of benzene rings is 2. The molecular formula is C24H28ClN3O6. The molecule has 1 atom stereocenters. The molecule has 0 spiro atoms. The summed E-state index contributed by atoms with van der Waals surface area (Å²) in [5, 5.41) is 18.2. The fourth-order valence-corrected chi connectivity index (χ4v) is 4.01. The first-order valence-corrected chi connectivity index (χ1v) is 11.0. The van der Waals surface area contributed by atoms with Gasteiger partial charge in [0.1, 0.15) is 0 Å². The van der Waals surface area contributed by atoms with Gasteiger partial charge in [-0.15, -0.1) is 12.4 Å². The van der Waals surface area contributed by atoms with Crippen LogP contribution in [0.2, 0.25) is 0 Å². The maximum Gasteiger partial charge on any atom is 0.305 e. The van der Waals surface area contributed by atoms with Crippen molar-refractivity contribution in [3.63, 3.8) is 0 Å². The predicted octanol–water partition coefficient (Wildman–Crippen LogP) is 2.92. The zero-order valence-electron chi connectivity index (χ0n) is 18.6. The summed E-state index contributed by atoms with van der Waals surface area (Å²) >= 11 is 0. The summed E-state index contributed by atoms with van der Waals surface area (Å²) in [4.78, 5) is 36.0. The number of carbonyl (C=O) groups is 3. The molecule has 2 aliphatic heterocycles. The fourth-order valence-electron chi connectivity index (χ4n) is 4.01. The number of fused-ring (bicyclic) bond motifs is 2. The van der Waals surface area contributed by atoms with Gasteiger partial charge in [-0.3, -0.25) is 14.4 Å². The Bertz CT molecular complexity index is 1060. The lowest BCUT2D eigenvalue weighted by Crippen LogP contribution is -2.30. The second-order valence-electron chi connectivity index (χ2n) is 8.14. The van der Waals surface area contributed by atoms with E-state index >= 15 is 0 Å². The number of halogens is 1. The van der Waals surface area contributed by atoms with Crippen LogP contribution in [0, 0.1) is 0 Å². The van der Waals surface area contributed by atoms with Crippen molar-refractivity contribution in [1.82, 2.24) is 10.6 Å². The zero-order valence-corrected chi connectivity index (χ0v) is 19.4. The number of carbonyl (C=O) groups excluding carboxylic acids is 2. The van der Waals surface area contributed by atoms with Gasteiger partial charge in [0.25, 0.3) is 0 Å². The van der Waals surface area contributed by atoms with Crippen molar-refractivity contribution in [1.29, 1.82) is 0 Å². The van der Waals surface area contributed by atoms with Crippen molar-refractivity contribution in [3.8, 4) is 11.5 Å². The number of carboxylic acids is 1. The molecule has 182 valence electrons. The molecule has 2 aromatic carbocycles. The third-order valence-corrected chi connectivity index (χ3v) is 5.70. The molecule has 10 heteroatoms. The van der Waals surface area contributed by atoms with E-state index in [0.29, 0.717) is 23.5 Å². The number of nitrogens with one attached hydrogen (secondary N) is 3. The van der Waals surface area contributed by atoms with E-state index in [9.17, 15) is 19.5 Å². The van der Waals surface area contributed by atoms with Crippen molar-refractivity contribution in [3.05, 3.63) is 53.1 Å². The SMILES string of the molecule is Cl.O=C(O)CC(NC(=O)CCCC(=O)Nc1ccc2c(c1)CNCC2)c1ccc2c(c1)OCO2. The molecule has 0 bridgehead atoms. The Morgan fingerprint density at radius 1 is 1.00 bits per heavy atom. The summed E-state index contributed by atoms with van der Waals surface area (Å²) in [6.07, 6.45) is 1.37. The van der Waals surface area contributed by atoms with Crippen LogP contribution in [-0.2, 0) is 27.3 Å². The lowest BCUT2D eigenvalue weighted by Gasteiger charge is -2.18. The van der Waals surface area contributed by atoms with E-state index in [0.717, 1.165) is 25.2 Å². The third kappa shape index (κ3) is 6.61. The Balaban J connectivity index is 0.00000324. The van der Waals surface area contributed by atoms with E-state index in [-0.39, 0.29) is 50.3 Å². The van der Waals surface area contributed by atoms with Gasteiger partial charge in [0.2, 0.25) is 18.6 Å². The van der Waals surface area contributed by atoms with Crippen LogP contribution in [0.15, 0.2) is 36.4 Å². The molecule has 2 amide bonds. The first-order valence-electron chi connectivity index (χ1n) is 11.0. The van der Waals surface area contributed by atoms with E-state index < -0.39 is 12.0 Å². The number of amides is 2. The standard InChI is InChI=1S/C24H27N3O6.ClH/c28-22(26-18-6-4-15-8-9-25-13-17(15)10-18)2-1-3-23(29)27-19(12-24(30)31)16-5-7-20-21(11-16)33-14-32-20;/h4-7,10-11,19,25H,1-3,8-9,12-14H2,(H,26,28)(H,27,29)(H,30,31);1H. The monoisotopic (exact) mass is 489 g/mol. The topological polar surface area (TPSA) is 126 Å². The van der Waals surface area contributed by atoms with Gasteiger partial charge in [0, 0.05) is 25.1 Å². The minimum Gasteiger partial charge on any atom is -0.481 e. The molecule has 9 nitrogen and oxygen atoms in total. The molecular weight excluding hydrogens is 462 g/mol. The molecule has 2 aliphatic rings. The summed E-state index contributed by atoms with van der Waals surface area (Å²) in [5.41, 5.74) is 3.85. The van der Waals surface area contributed by atoms with Crippen LogP contribution in [0.1, 0.15) is 48.4 Å². The maximum absolute atomic E-state index is 12.4. The van der Waals surface area contributed by atoms with Gasteiger partial charge in [-0.05, 0) is 60.3 Å². The first-order chi connectivity index (χ1) is 16.0. The Kier molecular flexibility index (Phi) is 8.72. The Hall–Kier alpha value is -3.30. The second-order valence-corrected chi connectivity index (χ2v) is 8.14. The molecule has 34 heavy (non-hydrogen) atoms. The molecule has 0 aliphatic carbocycles. The van der Waals surface area contributed by atoms with Gasteiger partial charge in [0.15, 0.2) is 11.5 Å². The van der Waals surface area contributed by atoms with Gasteiger partial charge in [-0.1, -0.05) is 12.1 Å². The predicted molar refractivity (Wildman–Crippen MR) is 127 cm³/mol. The maximum atomic E-state index is 12.4. The third-order valence-electron chi connectivity index (χ3n) is 5.70. The fraction of sp³-hybridized carbons (Fsp3) is 0.375. The van der Waals surface area contributed by atoms with E-state index in [1.807, 2.05) is 18.2 Å². The summed E-state index contributed by atoms with van der Waals surface area (Å²) in [5.74, 6) is -0.402. The van der Waals surface area contributed by atoms with Gasteiger partial charge in [-0.2, -0.15) is 0 Å². The molecule has 0 radical (unpaired) electrons. The van der Waals surface area contributed by atoms with Crippen molar-refractivity contribution >= 4 is 35.9 Å². The zero-order chi connectivity index (χ0) is 23.2. The molecule has 0 saturated heterocycles. The van der Waals surface area contributed by atoms with Crippen LogP contribution in [0.4, 0.5) is 5.69 Å². The summed E-state index contributed by atoms with van der Waals surface area (Å²) in [7, 11) is 0. The number of hydrogen-bond donors (Lipinski definition) is 4. The van der Waals surface area contributed by atoms with Crippen molar-refractivity contribution < 1.29 is 29.0 Å². The smallest absolute Gasteiger partial charge is 0.305 e. The summed E-state index contributed by atoms with van der Waals surface area (Å²) in [6.45, 7) is 1.86. The highest BCUT2D eigenvalue weighted by atomic mass is 35.5. The van der Waals surface area contributed by atoms with Crippen molar-refractivity contribution in [2.24, 2.45) is 0 Å². The van der Waals surface area contributed by atoms with Crippen LogP contribution in [0.3, 0.4) is 0 Å². The molecule has 4 rings (SSSR count). The quantitative estimate of drug-likeness (QED) is 0.426. The Morgan fingerprint density at radius 3 is 2.62 bits per heavy atom. The van der Waals surface area contributed by atoms with Crippen molar-refractivity contribution in [2.45, 2.75) is 44.7 Å². The van der Waals surface area contributed by atoms with Crippen molar-refractivity contribution in [2.75, 3.05) is 18.7 Å². The lowest BCUT2D eigenvalue weighted by molar-refractivity contribution is -0.137. The minimum atomic E-state index is -1.03. The highest BCUT2D eigenvalue weighted by Crippen LogP contribution is 2.34. The van der Waals surface area contributed by atoms with Crippen LogP contribution in [0.25, 0.3) is 0 Å². The first kappa shape index (κ1) is 25.3. The van der Waals surface area contributed by atoms with Gasteiger partial charge in [0.05, 0.1) is 12.5 Å². The van der Waals surface area contributed by atoms with E-state index in [1.165, 1.54) is 11.1 Å². The normalized spacial score (nSPS) is 14.4. The number of hydrogen-bond acceptors (Lipinski definition) is 6. The second kappa shape index (κ2) is 11.7. The Morgan fingerprint density at radius 2 is 1.79 bits per heavy atom. The number of aliphatic carboxylic acids is 1. The lowest BCUT2D eigenvalue weighted by atomic mass is 10.0. The van der Waals surface area contributed by atoms with Gasteiger partial charge < -0.3 is 30.5 Å². The molecule has 0 aromatic heterocycles. The molecule has 4 N–H and O–H groups in total. The van der Waals surface area contributed by atoms with Crippen LogP contribution >= 0.6 is 12.4 Å². The van der Waals surface area contributed by atoms with E-state index in [2.05, 4.69) is 16.0 Å². The largest absolute Gasteiger partial charge is 0.481 e. The molecule has 0 saturated carbocycles. The molecule has 2 aromatic rings. The van der Waals surface area contributed by atoms with Crippen LogP contribution in [-0.4, -0.2) is 36.2 Å². The summed E-state index contributed by atoms with van der Waals surface area (Å²) in [6, 6.07) is 10.3.